The van der Waals surface area contributed by atoms with E-state index in [-0.39, 0.29) is 23.6 Å². The Kier molecular flexibility index (Phi) is 6.83. The first-order valence-electron chi connectivity index (χ1n) is 10.2. The number of nitrogens with zero attached hydrogens (tertiary/aromatic N) is 1. The SMILES string of the molecule is CCOc1c([C@@H]2[C@H](C(=O)Nc3ccnc(C(N)=O)c3)O[C@@](C)(C(F)(F)F)[C@H]2C)ccc(F)c1F. The van der Waals surface area contributed by atoms with Gasteiger partial charge in [0.25, 0.3) is 11.8 Å². The zero-order chi connectivity index (χ0) is 25.4. The third-order valence-corrected chi connectivity index (χ3v) is 5.93. The number of anilines is 1. The van der Waals surface area contributed by atoms with E-state index in [4.69, 9.17) is 15.2 Å². The Labute approximate surface area is 191 Å². The minimum absolute atomic E-state index is 0.0275. The molecule has 0 saturated carbocycles. The number of hydrogen-bond donors (Lipinski definition) is 2. The molecule has 2 heterocycles. The Morgan fingerprint density at radius 3 is 2.53 bits per heavy atom. The van der Waals surface area contributed by atoms with Crippen LogP contribution in [0.5, 0.6) is 5.75 Å². The van der Waals surface area contributed by atoms with Crippen LogP contribution in [-0.2, 0) is 9.53 Å². The molecule has 34 heavy (non-hydrogen) atoms. The first-order valence-corrected chi connectivity index (χ1v) is 10.2. The highest BCUT2D eigenvalue weighted by atomic mass is 19.4. The molecule has 7 nitrogen and oxygen atoms in total. The predicted octanol–water partition coefficient (Wildman–Crippen LogP) is 3.94. The molecule has 3 rings (SSSR count). The van der Waals surface area contributed by atoms with Gasteiger partial charge in [-0.15, -0.1) is 0 Å². The molecule has 1 aromatic heterocycles. The number of primary amides is 1. The number of carbonyl (C=O) groups excluding carboxylic acids is 2. The van der Waals surface area contributed by atoms with E-state index >= 15 is 0 Å². The number of rotatable bonds is 6. The van der Waals surface area contributed by atoms with Crippen molar-refractivity contribution in [3.63, 3.8) is 0 Å². The highest BCUT2D eigenvalue weighted by Crippen LogP contribution is 2.55. The zero-order valence-electron chi connectivity index (χ0n) is 18.4. The Bertz CT molecular complexity index is 1110. The van der Waals surface area contributed by atoms with Crippen LogP contribution in [0, 0.1) is 17.6 Å². The molecule has 184 valence electrons. The molecule has 3 N–H and O–H groups in total. The summed E-state index contributed by atoms with van der Waals surface area (Å²) in [5, 5.41) is 2.38. The van der Waals surface area contributed by atoms with Crippen LogP contribution in [0.25, 0.3) is 0 Å². The monoisotopic (exact) mass is 487 g/mol. The number of ether oxygens (including phenoxy) is 2. The number of pyridine rings is 1. The lowest BCUT2D eigenvalue weighted by Crippen LogP contribution is -2.47. The second-order valence-corrected chi connectivity index (χ2v) is 7.95. The van der Waals surface area contributed by atoms with Crippen molar-refractivity contribution >= 4 is 17.5 Å². The Morgan fingerprint density at radius 1 is 1.26 bits per heavy atom. The maximum absolute atomic E-state index is 14.5. The predicted molar refractivity (Wildman–Crippen MR) is 110 cm³/mol. The highest BCUT2D eigenvalue weighted by Gasteiger charge is 2.65. The normalized spacial score (nSPS) is 24.6. The second-order valence-electron chi connectivity index (χ2n) is 7.95. The van der Waals surface area contributed by atoms with Crippen molar-refractivity contribution in [1.29, 1.82) is 0 Å². The summed E-state index contributed by atoms with van der Waals surface area (Å²) < 4.78 is 80.9. The maximum atomic E-state index is 14.5. The van der Waals surface area contributed by atoms with Crippen LogP contribution < -0.4 is 15.8 Å². The first-order chi connectivity index (χ1) is 15.8. The number of benzene rings is 1. The minimum Gasteiger partial charge on any atom is -0.490 e. The van der Waals surface area contributed by atoms with Crippen LogP contribution in [0.4, 0.5) is 27.6 Å². The molecule has 1 aliphatic rings. The van der Waals surface area contributed by atoms with Crippen molar-refractivity contribution in [3.8, 4) is 5.75 Å². The van der Waals surface area contributed by atoms with Crippen molar-refractivity contribution in [3.05, 3.63) is 53.4 Å². The van der Waals surface area contributed by atoms with E-state index in [9.17, 15) is 31.5 Å². The average Bonchev–Trinajstić information content (AvgIpc) is 3.04. The molecule has 1 aromatic carbocycles. The number of alkyl halides is 3. The highest BCUT2D eigenvalue weighted by molar-refractivity contribution is 5.97. The minimum atomic E-state index is -4.89. The molecule has 12 heteroatoms. The smallest absolute Gasteiger partial charge is 0.417 e. The van der Waals surface area contributed by atoms with Crippen molar-refractivity contribution in [2.45, 2.75) is 44.6 Å². The third kappa shape index (κ3) is 4.41. The summed E-state index contributed by atoms with van der Waals surface area (Å²) in [7, 11) is 0. The average molecular weight is 487 g/mol. The van der Waals surface area contributed by atoms with E-state index < -0.39 is 58.9 Å². The molecule has 0 radical (unpaired) electrons. The lowest BCUT2D eigenvalue weighted by Gasteiger charge is -2.32. The molecule has 0 unspecified atom stereocenters. The number of aromatic nitrogens is 1. The van der Waals surface area contributed by atoms with Gasteiger partial charge < -0.3 is 20.5 Å². The lowest BCUT2D eigenvalue weighted by atomic mass is 9.77. The Hall–Kier alpha value is -3.28. The number of nitrogens with one attached hydrogen (secondary N) is 1. The van der Waals surface area contributed by atoms with Crippen LogP contribution in [0.3, 0.4) is 0 Å². The maximum Gasteiger partial charge on any atom is 0.417 e. The topological polar surface area (TPSA) is 104 Å². The summed E-state index contributed by atoms with van der Waals surface area (Å²) >= 11 is 0. The van der Waals surface area contributed by atoms with Gasteiger partial charge in [-0.05, 0) is 32.0 Å². The van der Waals surface area contributed by atoms with E-state index in [2.05, 4.69) is 10.3 Å². The van der Waals surface area contributed by atoms with Crippen LogP contribution in [-0.4, -0.2) is 41.3 Å². The van der Waals surface area contributed by atoms with E-state index in [0.717, 1.165) is 25.1 Å². The van der Waals surface area contributed by atoms with Gasteiger partial charge in [0.1, 0.15) is 11.8 Å². The molecular formula is C22H22F5N3O4. The van der Waals surface area contributed by atoms with Gasteiger partial charge in [0.15, 0.2) is 17.2 Å². The lowest BCUT2D eigenvalue weighted by molar-refractivity contribution is -0.272. The van der Waals surface area contributed by atoms with Crippen LogP contribution in [0.1, 0.15) is 42.7 Å². The second kappa shape index (κ2) is 9.16. The molecule has 1 saturated heterocycles. The summed E-state index contributed by atoms with van der Waals surface area (Å²) in [6, 6.07) is 4.26. The van der Waals surface area contributed by atoms with E-state index in [1.165, 1.54) is 26.1 Å². The fourth-order valence-electron chi connectivity index (χ4n) is 3.98. The van der Waals surface area contributed by atoms with Crippen LogP contribution in [0.2, 0.25) is 0 Å². The van der Waals surface area contributed by atoms with Crippen LogP contribution >= 0.6 is 0 Å². The molecule has 0 aliphatic carbocycles. The number of hydrogen-bond acceptors (Lipinski definition) is 5. The van der Waals surface area contributed by atoms with E-state index in [0.29, 0.717) is 0 Å². The molecular weight excluding hydrogens is 465 g/mol. The summed E-state index contributed by atoms with van der Waals surface area (Å²) in [5.74, 6) is -7.87. The van der Waals surface area contributed by atoms with Crippen molar-refractivity contribution in [2.24, 2.45) is 11.7 Å². The fraction of sp³-hybridized carbons (Fsp3) is 0.409. The quantitative estimate of drug-likeness (QED) is 0.601. The van der Waals surface area contributed by atoms with Gasteiger partial charge >= 0.3 is 6.18 Å². The summed E-state index contributed by atoms with van der Waals surface area (Å²) in [5.41, 5.74) is 2.07. The van der Waals surface area contributed by atoms with Gasteiger partial charge in [-0.3, -0.25) is 14.6 Å². The third-order valence-electron chi connectivity index (χ3n) is 5.93. The Morgan fingerprint density at radius 2 is 1.94 bits per heavy atom. The summed E-state index contributed by atoms with van der Waals surface area (Å²) in [6.07, 6.45) is -5.48. The summed E-state index contributed by atoms with van der Waals surface area (Å²) in [4.78, 5) is 28.2. The van der Waals surface area contributed by atoms with Gasteiger partial charge in [0, 0.05) is 29.3 Å². The molecule has 4 atom stereocenters. The van der Waals surface area contributed by atoms with E-state index in [1.54, 1.807) is 0 Å². The van der Waals surface area contributed by atoms with Gasteiger partial charge in [0.2, 0.25) is 5.82 Å². The van der Waals surface area contributed by atoms with Gasteiger partial charge in [-0.25, -0.2) is 4.39 Å². The van der Waals surface area contributed by atoms with Crippen LogP contribution in [0.15, 0.2) is 30.5 Å². The zero-order valence-corrected chi connectivity index (χ0v) is 18.4. The Balaban J connectivity index is 2.09. The van der Waals surface area contributed by atoms with Crippen molar-refractivity contribution in [2.75, 3.05) is 11.9 Å². The molecule has 2 amide bonds. The van der Waals surface area contributed by atoms with Gasteiger partial charge in [-0.2, -0.15) is 17.6 Å². The molecule has 2 aromatic rings. The standard InChI is InChI=1S/C22H22F5N3O4/c1-4-33-17-12(5-6-13(23)16(17)24)15-10(2)21(3,22(25,26)27)34-18(15)20(32)30-11-7-8-29-14(9-11)19(28)31/h5-10,15,18H,4H2,1-3H3,(H2,28,31)(H,29,30,32)/t10-,15+,18+,21+/m0/s1. The van der Waals surface area contributed by atoms with Crippen molar-refractivity contribution < 1.29 is 41.0 Å². The molecule has 1 aliphatic heterocycles. The molecule has 1 fully saturated rings. The number of halogens is 5. The number of nitrogens with two attached hydrogens (primary N) is 1. The van der Waals surface area contributed by atoms with E-state index in [1.807, 2.05) is 0 Å². The fourth-order valence-corrected chi connectivity index (χ4v) is 3.98. The largest absolute Gasteiger partial charge is 0.490 e. The first kappa shape index (κ1) is 25.3. The van der Waals surface area contributed by atoms with Crippen molar-refractivity contribution in [1.82, 2.24) is 4.98 Å². The number of amides is 2. The molecule has 0 bridgehead atoms. The molecule has 0 spiro atoms. The summed E-state index contributed by atoms with van der Waals surface area (Å²) in [6.45, 7) is 3.39. The van der Waals surface area contributed by atoms with Gasteiger partial charge in [-0.1, -0.05) is 13.0 Å². The number of carbonyl (C=O) groups is 2. The van der Waals surface area contributed by atoms with Gasteiger partial charge in [0.05, 0.1) is 6.61 Å².